The molecule has 3 aromatic rings. The van der Waals surface area contributed by atoms with Gasteiger partial charge < -0.3 is 15.2 Å². The fourth-order valence-corrected chi connectivity index (χ4v) is 3.95. The summed E-state index contributed by atoms with van der Waals surface area (Å²) < 4.78 is 6.19. The van der Waals surface area contributed by atoms with Crippen LogP contribution in [0.4, 0.5) is 10.5 Å². The van der Waals surface area contributed by atoms with Crippen molar-refractivity contribution in [2.45, 2.75) is 45.6 Å². The molecule has 0 aromatic heterocycles. The van der Waals surface area contributed by atoms with Crippen molar-refractivity contribution >= 4 is 23.8 Å². The molecule has 194 valence electrons. The maximum atomic E-state index is 12.7. The van der Waals surface area contributed by atoms with E-state index in [0.29, 0.717) is 18.9 Å². The predicted octanol–water partition coefficient (Wildman–Crippen LogP) is 7.15. The number of urea groups is 1. The van der Waals surface area contributed by atoms with Gasteiger partial charge in [-0.15, -0.1) is 0 Å². The minimum absolute atomic E-state index is 0.137. The van der Waals surface area contributed by atoms with Crippen molar-refractivity contribution in [3.05, 3.63) is 90.0 Å². The summed E-state index contributed by atoms with van der Waals surface area (Å²) >= 11 is 0. The number of hydrogen-bond donors (Lipinski definition) is 2. The molecule has 37 heavy (non-hydrogen) atoms. The molecule has 0 saturated carbocycles. The molecule has 3 aromatic carbocycles. The Balaban J connectivity index is 1.78. The van der Waals surface area contributed by atoms with Gasteiger partial charge in [-0.1, -0.05) is 87.2 Å². The highest BCUT2D eigenvalue weighted by Crippen LogP contribution is 2.34. The first-order chi connectivity index (χ1) is 18.0. The van der Waals surface area contributed by atoms with E-state index in [4.69, 9.17) is 9.84 Å². The number of anilines is 1. The van der Waals surface area contributed by atoms with Crippen molar-refractivity contribution < 1.29 is 19.4 Å². The van der Waals surface area contributed by atoms with Gasteiger partial charge >= 0.3 is 12.0 Å². The molecule has 0 radical (unpaired) electrons. The van der Waals surface area contributed by atoms with E-state index in [1.165, 1.54) is 25.3 Å². The second-order valence-electron chi connectivity index (χ2n) is 8.96. The second kappa shape index (κ2) is 14.5. The van der Waals surface area contributed by atoms with Crippen LogP contribution < -0.4 is 15.0 Å². The number of nitrogens with zero attached hydrogens (tertiary/aromatic N) is 1. The molecule has 0 spiro atoms. The molecule has 0 aliphatic carbocycles. The van der Waals surface area contributed by atoms with Crippen LogP contribution in [-0.2, 0) is 11.4 Å². The molecule has 0 fully saturated rings. The summed E-state index contributed by atoms with van der Waals surface area (Å²) in [4.78, 5) is 25.3. The van der Waals surface area contributed by atoms with Gasteiger partial charge in [-0.25, -0.2) is 9.59 Å². The van der Waals surface area contributed by atoms with Crippen LogP contribution in [0.3, 0.4) is 0 Å². The second-order valence-corrected chi connectivity index (χ2v) is 8.96. The Kier molecular flexibility index (Phi) is 10.8. The Morgan fingerprint density at radius 3 is 2.49 bits per heavy atom. The third-order valence-corrected chi connectivity index (χ3v) is 6.07. The van der Waals surface area contributed by atoms with Crippen LogP contribution in [0.5, 0.6) is 5.75 Å². The lowest BCUT2D eigenvalue weighted by Crippen LogP contribution is -2.37. The van der Waals surface area contributed by atoms with Crippen molar-refractivity contribution in [2.24, 2.45) is 0 Å². The fraction of sp³-hybridized carbons (Fsp3) is 0.290. The van der Waals surface area contributed by atoms with Crippen molar-refractivity contribution in [2.75, 3.05) is 18.5 Å². The van der Waals surface area contributed by atoms with Crippen molar-refractivity contribution in [3.8, 4) is 16.9 Å². The number of nitrogens with one attached hydrogen (secondary N) is 1. The minimum atomic E-state index is -1.01. The third-order valence-electron chi connectivity index (χ3n) is 6.07. The maximum Gasteiger partial charge on any atom is 0.328 e. The monoisotopic (exact) mass is 500 g/mol. The van der Waals surface area contributed by atoms with E-state index < -0.39 is 5.97 Å². The van der Waals surface area contributed by atoms with Gasteiger partial charge in [0.1, 0.15) is 12.4 Å². The molecule has 0 unspecified atom stereocenters. The van der Waals surface area contributed by atoms with Gasteiger partial charge in [-0.05, 0) is 47.4 Å². The number of hydrogen-bond acceptors (Lipinski definition) is 3. The zero-order valence-corrected chi connectivity index (χ0v) is 21.7. The van der Waals surface area contributed by atoms with E-state index in [1.54, 1.807) is 11.9 Å². The van der Waals surface area contributed by atoms with E-state index in [2.05, 4.69) is 12.2 Å². The number of aliphatic carboxylic acids is 1. The average molecular weight is 501 g/mol. The van der Waals surface area contributed by atoms with Crippen LogP contribution in [0.2, 0.25) is 0 Å². The first-order valence-electron chi connectivity index (χ1n) is 12.8. The van der Waals surface area contributed by atoms with Gasteiger partial charge in [0.15, 0.2) is 0 Å². The summed E-state index contributed by atoms with van der Waals surface area (Å²) in [7, 11) is 1.76. The number of carbonyl (C=O) groups excluding carboxylic acids is 1. The van der Waals surface area contributed by atoms with Gasteiger partial charge in [-0.2, -0.15) is 0 Å². The van der Waals surface area contributed by atoms with E-state index >= 15 is 0 Å². The van der Waals surface area contributed by atoms with Crippen molar-refractivity contribution in [3.63, 3.8) is 0 Å². The highest BCUT2D eigenvalue weighted by atomic mass is 16.5. The van der Waals surface area contributed by atoms with E-state index in [9.17, 15) is 9.59 Å². The molecule has 6 heteroatoms. The molecule has 0 aliphatic rings. The van der Waals surface area contributed by atoms with E-state index in [1.807, 2.05) is 72.8 Å². The molecule has 0 aliphatic heterocycles. The predicted molar refractivity (Wildman–Crippen MR) is 150 cm³/mol. The SMILES string of the molecule is CCCCCCCNC(=O)N(C)c1cccc(-c2ccc(C=CC(=O)O)cc2OCc2ccccc2)c1. The summed E-state index contributed by atoms with van der Waals surface area (Å²) in [5.74, 6) is -0.376. The van der Waals surface area contributed by atoms with Crippen LogP contribution in [0.25, 0.3) is 17.2 Å². The topological polar surface area (TPSA) is 78.9 Å². The number of carboxylic acids is 1. The normalized spacial score (nSPS) is 10.9. The van der Waals surface area contributed by atoms with Crippen LogP contribution >= 0.6 is 0 Å². The van der Waals surface area contributed by atoms with Gasteiger partial charge in [-0.3, -0.25) is 4.90 Å². The van der Waals surface area contributed by atoms with Crippen molar-refractivity contribution in [1.82, 2.24) is 5.32 Å². The van der Waals surface area contributed by atoms with Crippen LogP contribution in [0.15, 0.2) is 78.9 Å². The van der Waals surface area contributed by atoms with Crippen LogP contribution in [0.1, 0.15) is 50.2 Å². The summed E-state index contributed by atoms with van der Waals surface area (Å²) in [6.07, 6.45) is 8.37. The zero-order valence-electron chi connectivity index (χ0n) is 21.7. The van der Waals surface area contributed by atoms with Crippen LogP contribution in [-0.4, -0.2) is 30.7 Å². The Morgan fingerprint density at radius 2 is 1.73 bits per heavy atom. The number of rotatable bonds is 13. The highest BCUT2D eigenvalue weighted by Gasteiger charge is 2.13. The third kappa shape index (κ3) is 8.83. The smallest absolute Gasteiger partial charge is 0.328 e. The van der Waals surface area contributed by atoms with Gasteiger partial charge in [0, 0.05) is 30.9 Å². The number of benzene rings is 3. The molecule has 6 nitrogen and oxygen atoms in total. The largest absolute Gasteiger partial charge is 0.488 e. The molecule has 0 atom stereocenters. The lowest BCUT2D eigenvalue weighted by atomic mass is 10.0. The standard InChI is InChI=1S/C31H36N2O4/c1-3-4-5-6-10-20-32-31(36)33(2)27-15-11-14-26(22-27)28-18-16-24(17-19-30(34)35)21-29(28)37-23-25-12-8-7-9-13-25/h7-9,11-19,21-22H,3-6,10,20,23H2,1-2H3,(H,32,36)(H,34,35). The number of carboxylic acid groups (broad SMARTS) is 1. The average Bonchev–Trinajstić information content (AvgIpc) is 2.92. The minimum Gasteiger partial charge on any atom is -0.488 e. The molecular formula is C31H36N2O4. The van der Waals surface area contributed by atoms with Gasteiger partial charge in [0.2, 0.25) is 0 Å². The Labute approximate surface area is 219 Å². The molecule has 0 bridgehead atoms. The summed E-state index contributed by atoms with van der Waals surface area (Å²) in [6.45, 7) is 3.23. The lowest BCUT2D eigenvalue weighted by Gasteiger charge is -2.20. The van der Waals surface area contributed by atoms with Gasteiger partial charge in [0.25, 0.3) is 0 Å². The summed E-state index contributed by atoms with van der Waals surface area (Å²) in [6, 6.07) is 23.1. The molecule has 0 heterocycles. The van der Waals surface area contributed by atoms with E-state index in [-0.39, 0.29) is 6.03 Å². The highest BCUT2D eigenvalue weighted by molar-refractivity contribution is 5.92. The lowest BCUT2D eigenvalue weighted by molar-refractivity contribution is -0.131. The Bertz CT molecular complexity index is 1190. The summed E-state index contributed by atoms with van der Waals surface area (Å²) in [5.41, 5.74) is 4.27. The summed E-state index contributed by atoms with van der Waals surface area (Å²) in [5, 5.41) is 12.0. The number of ether oxygens (including phenoxy) is 1. The van der Waals surface area contributed by atoms with E-state index in [0.717, 1.165) is 46.9 Å². The fourth-order valence-electron chi connectivity index (χ4n) is 3.95. The molecule has 0 saturated heterocycles. The molecule has 2 amide bonds. The number of amides is 2. The van der Waals surface area contributed by atoms with Crippen molar-refractivity contribution in [1.29, 1.82) is 0 Å². The molecular weight excluding hydrogens is 464 g/mol. The number of carbonyl (C=O) groups is 2. The molecule has 3 rings (SSSR count). The zero-order chi connectivity index (χ0) is 26.5. The van der Waals surface area contributed by atoms with Crippen LogP contribution in [0, 0.1) is 0 Å². The quantitative estimate of drug-likeness (QED) is 0.193. The molecule has 2 N–H and O–H groups in total. The first kappa shape index (κ1) is 27.5. The Morgan fingerprint density at radius 1 is 0.946 bits per heavy atom. The Hall–Kier alpha value is -4.06. The number of unbranched alkanes of at least 4 members (excludes halogenated alkanes) is 4. The van der Waals surface area contributed by atoms with Gasteiger partial charge in [0.05, 0.1) is 0 Å². The first-order valence-corrected chi connectivity index (χ1v) is 12.8. The maximum absolute atomic E-state index is 12.7.